The molecule has 19 aromatic carbocycles. The molecule has 0 atom stereocenters. The van der Waals surface area contributed by atoms with Gasteiger partial charge in [0.05, 0.1) is 27.6 Å². The molecular weight excluding hydrogens is 1650 g/mol. The third kappa shape index (κ3) is 13.9. The molecule has 0 radical (unpaired) electrons. The van der Waals surface area contributed by atoms with Crippen molar-refractivity contribution in [2.24, 2.45) is 0 Å². The highest BCUT2D eigenvalue weighted by Crippen LogP contribution is 2.52. The highest BCUT2D eigenvalue weighted by atomic mass is 32.1. The number of rotatable bonds is 15. The monoisotopic (exact) mass is 1730 g/mol. The van der Waals surface area contributed by atoms with Crippen molar-refractivity contribution in [1.29, 1.82) is 0 Å². The van der Waals surface area contributed by atoms with Crippen LogP contribution in [0.15, 0.2) is 459 Å². The minimum atomic E-state index is -0.0553. The number of hydrogen-bond acceptors (Lipinski definition) is 9. The molecule has 6 aromatic heterocycles. The average Bonchev–Trinajstić information content (AvgIpc) is 1.58. The minimum absolute atomic E-state index is 0.0553. The minimum Gasteiger partial charge on any atom is -0.455 e. The van der Waals surface area contributed by atoms with Crippen LogP contribution in [0, 0.1) is 0 Å². The van der Waals surface area contributed by atoms with E-state index in [1.165, 1.54) is 92.7 Å². The first-order valence-corrected chi connectivity index (χ1v) is 46.2. The first-order valence-electron chi connectivity index (χ1n) is 45.4. The smallest absolute Gasteiger partial charge is 0.167 e. The third-order valence-electron chi connectivity index (χ3n) is 26.5. The average molecular weight is 1730 g/mol. The molecule has 0 unspecified atom stereocenters. The van der Waals surface area contributed by atoms with Crippen LogP contribution in [-0.2, 0) is 5.41 Å². The Morgan fingerprint density at radius 3 is 1.15 bits per heavy atom. The van der Waals surface area contributed by atoms with E-state index in [0.29, 0.717) is 34.9 Å². The largest absolute Gasteiger partial charge is 0.455 e. The first kappa shape index (κ1) is 78.8. The van der Waals surface area contributed by atoms with Gasteiger partial charge in [0, 0.05) is 114 Å². The number of para-hydroxylation sites is 3. The fourth-order valence-corrected chi connectivity index (χ4v) is 21.2. The molecule has 10 nitrogen and oxygen atoms in total. The summed E-state index contributed by atoms with van der Waals surface area (Å²) in [6, 6.07) is 162. The van der Waals surface area contributed by atoms with Crippen LogP contribution in [0.2, 0.25) is 0 Å². The molecule has 25 aromatic rings. The summed E-state index contributed by atoms with van der Waals surface area (Å²) < 4.78 is 13.9. The predicted octanol–water partition coefficient (Wildman–Crippen LogP) is 32.7. The summed E-state index contributed by atoms with van der Waals surface area (Å²) in [5, 5.41) is 9.27. The molecule has 0 N–H and O–H groups in total. The van der Waals surface area contributed by atoms with E-state index in [-0.39, 0.29) is 5.41 Å². The van der Waals surface area contributed by atoms with E-state index in [1.54, 1.807) is 11.3 Å². The molecule has 0 aliphatic heterocycles. The van der Waals surface area contributed by atoms with Gasteiger partial charge in [-0.2, -0.15) is 0 Å². The second-order valence-electron chi connectivity index (χ2n) is 34.8. The number of benzene rings is 19. The Balaban J connectivity index is 0.000000147. The second-order valence-corrected chi connectivity index (χ2v) is 35.9. The summed E-state index contributed by atoms with van der Waals surface area (Å²) >= 11 is 1.79. The van der Waals surface area contributed by atoms with Gasteiger partial charge in [-0.1, -0.05) is 341 Å². The van der Waals surface area contributed by atoms with Crippen LogP contribution in [-0.4, -0.2) is 39.0 Å². The molecule has 0 spiro atoms. The Morgan fingerprint density at radius 1 is 0.231 bits per heavy atom. The van der Waals surface area contributed by atoms with Crippen molar-refractivity contribution in [3.63, 3.8) is 0 Å². The standard InChI is InChI=1S/C69H45N5S.C54H36N4O/c1-5-18-46(19-6-1)51-26-15-28-55(42-51)73(56-29-16-27-52(43-56)47-20-7-2-8-21-47)54-37-34-48(35-38-54)53-36-40-64-61(44-53)58-30-13-14-33-63(58)74(64)57-39-41-65-62(45-57)59-31-17-32-60(66(59)75-65)69-71-67(49-22-9-3-10-23-49)70-68(72-69)50-24-11-4-12-25-50;1-54(2)45-22-11-9-18-38(45)39-27-24-36(31-46(39)54)35-25-28-48-43(30-35)40-19-10-12-23-47(40)58(48)37-26-29-49-44(32-37)41-20-13-21-42(50(41)59-49)53-56-51(33-14-5-3-6-15-33)55-52(57-53)34-16-7-4-8-17-34/h1-45H;3-32H,1-2H3. The van der Waals surface area contributed by atoms with Crippen molar-refractivity contribution >= 4 is 114 Å². The van der Waals surface area contributed by atoms with Gasteiger partial charge < -0.3 is 18.5 Å². The lowest BCUT2D eigenvalue weighted by Gasteiger charge is -2.27. The molecule has 630 valence electrons. The Labute approximate surface area is 777 Å². The first-order chi connectivity index (χ1) is 66.2. The Kier molecular flexibility index (Phi) is 19.2. The Bertz CT molecular complexity index is 8700. The van der Waals surface area contributed by atoms with E-state index >= 15 is 0 Å². The van der Waals surface area contributed by atoms with Crippen LogP contribution in [0.25, 0.3) is 221 Å². The van der Waals surface area contributed by atoms with Crippen molar-refractivity contribution in [1.82, 2.24) is 39.0 Å². The Hall–Kier alpha value is -17.4. The van der Waals surface area contributed by atoms with E-state index in [1.807, 2.05) is 103 Å². The normalized spacial score (nSPS) is 12.2. The van der Waals surface area contributed by atoms with Gasteiger partial charge in [0.25, 0.3) is 0 Å². The quantitative estimate of drug-likeness (QED) is 0.1000. The van der Waals surface area contributed by atoms with Gasteiger partial charge >= 0.3 is 0 Å². The summed E-state index contributed by atoms with van der Waals surface area (Å²) in [5.41, 5.74) is 32.1. The second kappa shape index (κ2) is 32.7. The molecule has 6 heterocycles. The van der Waals surface area contributed by atoms with Crippen LogP contribution in [0.3, 0.4) is 0 Å². The van der Waals surface area contributed by atoms with Gasteiger partial charge in [-0.3, -0.25) is 0 Å². The lowest BCUT2D eigenvalue weighted by atomic mass is 9.81. The van der Waals surface area contributed by atoms with E-state index in [4.69, 9.17) is 34.3 Å². The van der Waals surface area contributed by atoms with E-state index < -0.39 is 0 Å². The van der Waals surface area contributed by atoms with Crippen LogP contribution in [0.4, 0.5) is 17.1 Å². The number of thiophene rings is 1. The van der Waals surface area contributed by atoms with Gasteiger partial charge in [-0.15, -0.1) is 11.3 Å². The molecule has 26 rings (SSSR count). The zero-order chi connectivity index (χ0) is 88.9. The van der Waals surface area contributed by atoms with Crippen LogP contribution in [0.5, 0.6) is 0 Å². The SMILES string of the molecule is CC1(C)c2ccccc2-c2ccc(-c3ccc4c(c3)c3ccccc3n4-c3ccc4oc5c(-c6nc(-c7ccccc7)nc(-c7ccccc7)n6)cccc5c4c3)cc21.c1ccc(-c2cccc(N(c3ccc(-c4ccc5c(c4)c4ccccc4n5-c4ccc5sc6c(-c7nc(-c8ccccc8)nc(-c8ccccc8)n7)cccc6c5c4)cc3)c3cccc(-c4ccccc4)c3)c2)cc1. The maximum Gasteiger partial charge on any atom is 0.167 e. The number of furan rings is 1. The van der Waals surface area contributed by atoms with Crippen LogP contribution >= 0.6 is 11.3 Å². The molecular formula is C123H81N9OS. The van der Waals surface area contributed by atoms with Crippen LogP contribution < -0.4 is 4.90 Å². The zero-order valence-electron chi connectivity index (χ0n) is 73.1. The van der Waals surface area contributed by atoms with Crippen molar-refractivity contribution in [3.05, 3.63) is 466 Å². The summed E-state index contributed by atoms with van der Waals surface area (Å²) in [4.78, 5) is 32.5. The van der Waals surface area contributed by atoms with Crippen molar-refractivity contribution < 1.29 is 4.42 Å². The molecule has 1 aliphatic carbocycles. The molecule has 0 fully saturated rings. The molecule has 1 aliphatic rings. The molecule has 0 amide bonds. The van der Waals surface area contributed by atoms with Gasteiger partial charge in [0.1, 0.15) is 11.2 Å². The molecule has 0 saturated carbocycles. The highest BCUT2D eigenvalue weighted by Gasteiger charge is 2.36. The fraction of sp³-hybridized carbons (Fsp3) is 0.0244. The Morgan fingerprint density at radius 2 is 0.604 bits per heavy atom. The number of hydrogen-bond donors (Lipinski definition) is 0. The van der Waals surface area contributed by atoms with Gasteiger partial charge in [-0.25, -0.2) is 29.9 Å². The van der Waals surface area contributed by atoms with E-state index in [0.717, 1.165) is 122 Å². The number of fused-ring (bicyclic) bond motifs is 15. The summed E-state index contributed by atoms with van der Waals surface area (Å²) in [6.07, 6.45) is 0. The molecule has 0 saturated heterocycles. The van der Waals surface area contributed by atoms with Gasteiger partial charge in [0.15, 0.2) is 34.9 Å². The highest BCUT2D eigenvalue weighted by molar-refractivity contribution is 7.26. The zero-order valence-corrected chi connectivity index (χ0v) is 74.0. The summed E-state index contributed by atoms with van der Waals surface area (Å²) in [6.45, 7) is 4.69. The molecule has 0 bridgehead atoms. The van der Waals surface area contributed by atoms with E-state index in [2.05, 4.69) is 380 Å². The lowest BCUT2D eigenvalue weighted by molar-refractivity contribution is 0.660. The van der Waals surface area contributed by atoms with Crippen molar-refractivity contribution in [3.8, 4) is 135 Å². The maximum absolute atomic E-state index is 6.70. The summed E-state index contributed by atoms with van der Waals surface area (Å²) in [5.74, 6) is 3.76. The summed E-state index contributed by atoms with van der Waals surface area (Å²) in [7, 11) is 0. The maximum atomic E-state index is 6.70. The fourth-order valence-electron chi connectivity index (χ4n) is 20.0. The number of anilines is 3. The number of aromatic nitrogens is 8. The number of nitrogens with zero attached hydrogens (tertiary/aromatic N) is 9. The predicted molar refractivity (Wildman–Crippen MR) is 555 cm³/mol. The topological polar surface area (TPSA) is 104 Å². The molecule has 11 heteroatoms. The van der Waals surface area contributed by atoms with Gasteiger partial charge in [-0.05, 0) is 194 Å². The lowest BCUT2D eigenvalue weighted by Crippen LogP contribution is -2.14. The van der Waals surface area contributed by atoms with Gasteiger partial charge in [0.2, 0.25) is 0 Å². The third-order valence-corrected chi connectivity index (χ3v) is 27.7. The van der Waals surface area contributed by atoms with Crippen molar-refractivity contribution in [2.75, 3.05) is 4.90 Å². The van der Waals surface area contributed by atoms with Crippen molar-refractivity contribution in [2.45, 2.75) is 19.3 Å². The van der Waals surface area contributed by atoms with E-state index in [9.17, 15) is 0 Å². The molecule has 134 heavy (non-hydrogen) atoms. The van der Waals surface area contributed by atoms with Crippen LogP contribution in [0.1, 0.15) is 25.0 Å².